The van der Waals surface area contributed by atoms with Crippen LogP contribution in [-0.2, 0) is 5.41 Å². The van der Waals surface area contributed by atoms with Crippen molar-refractivity contribution in [2.24, 2.45) is 0 Å². The Balaban J connectivity index is 0.969. The maximum absolute atomic E-state index is 5.26. The smallest absolute Gasteiger partial charge is 0.160 e. The third kappa shape index (κ3) is 6.58. The first-order valence-corrected chi connectivity index (χ1v) is 22.3. The lowest BCUT2D eigenvalue weighted by Gasteiger charge is -2.34. The average molecular weight is 827 g/mol. The van der Waals surface area contributed by atoms with E-state index in [9.17, 15) is 0 Å². The predicted octanol–water partition coefficient (Wildman–Crippen LogP) is 16.0. The van der Waals surface area contributed by atoms with Crippen molar-refractivity contribution in [2.75, 3.05) is 0 Å². The summed E-state index contributed by atoms with van der Waals surface area (Å²) in [5, 5.41) is 2.32. The van der Waals surface area contributed by atoms with E-state index in [1.165, 1.54) is 72.1 Å². The SMILES string of the molecule is c1ccc(-c2ccc(-c3cc(-c4ccc(-c5cccc(-c6ccc7c(c6)C(c6ccccc6)(c6ccccc6)c6ccccc6-7)c5)c5ccccc45)nc(-c4ccccc4)n3)cc2)cc1. The van der Waals surface area contributed by atoms with Gasteiger partial charge >= 0.3 is 0 Å². The van der Waals surface area contributed by atoms with E-state index in [1.54, 1.807) is 0 Å². The van der Waals surface area contributed by atoms with Crippen LogP contribution in [0, 0.1) is 0 Å². The van der Waals surface area contributed by atoms with E-state index in [0.29, 0.717) is 5.82 Å². The molecule has 0 radical (unpaired) electrons. The molecule has 0 saturated carbocycles. The lowest BCUT2D eigenvalue weighted by Crippen LogP contribution is -2.28. The van der Waals surface area contributed by atoms with Crippen molar-refractivity contribution in [1.29, 1.82) is 0 Å². The van der Waals surface area contributed by atoms with Crippen molar-refractivity contribution in [3.05, 3.63) is 277 Å². The van der Waals surface area contributed by atoms with Crippen LogP contribution in [0.15, 0.2) is 255 Å². The molecule has 0 aliphatic heterocycles. The molecule has 1 aromatic heterocycles. The van der Waals surface area contributed by atoms with E-state index >= 15 is 0 Å². The van der Waals surface area contributed by atoms with Crippen LogP contribution < -0.4 is 0 Å². The number of rotatable bonds is 8. The summed E-state index contributed by atoms with van der Waals surface area (Å²) in [5.74, 6) is 0.701. The molecule has 11 aromatic rings. The van der Waals surface area contributed by atoms with Crippen LogP contribution in [0.5, 0.6) is 0 Å². The van der Waals surface area contributed by atoms with Gasteiger partial charge in [-0.1, -0.05) is 237 Å². The predicted molar refractivity (Wildman–Crippen MR) is 269 cm³/mol. The second kappa shape index (κ2) is 16.0. The van der Waals surface area contributed by atoms with Gasteiger partial charge in [-0.2, -0.15) is 0 Å². The Morgan fingerprint density at radius 3 is 1.42 bits per heavy atom. The summed E-state index contributed by atoms with van der Waals surface area (Å²) in [7, 11) is 0. The van der Waals surface area contributed by atoms with Crippen molar-refractivity contribution >= 4 is 10.8 Å². The van der Waals surface area contributed by atoms with Crippen molar-refractivity contribution in [3.63, 3.8) is 0 Å². The molecule has 0 unspecified atom stereocenters. The van der Waals surface area contributed by atoms with Crippen LogP contribution in [0.2, 0.25) is 0 Å². The van der Waals surface area contributed by atoms with Gasteiger partial charge in [0.25, 0.3) is 0 Å². The van der Waals surface area contributed by atoms with Gasteiger partial charge < -0.3 is 0 Å². The molecule has 2 heteroatoms. The van der Waals surface area contributed by atoms with E-state index in [-0.39, 0.29) is 0 Å². The number of hydrogen-bond acceptors (Lipinski definition) is 2. The fraction of sp³-hybridized carbons (Fsp3) is 0.0159. The first-order chi connectivity index (χ1) is 32.2. The highest BCUT2D eigenvalue weighted by atomic mass is 14.9. The standard InChI is InChI=1S/C63H42N2/c1-5-18-43(19-6-1)44-32-34-45(35-33-44)60-42-61(65-62(64-60)46-20-7-2-8-21-46)57-39-38-52(53-28-13-14-29-54(53)57)49-23-17-22-47(40-49)48-36-37-56-55-30-15-16-31-58(55)63(59(56)41-48,50-24-9-3-10-25-50)51-26-11-4-12-27-51/h1-42H. The number of hydrogen-bond donors (Lipinski definition) is 0. The minimum absolute atomic E-state index is 0.457. The van der Waals surface area contributed by atoms with E-state index in [4.69, 9.17) is 9.97 Å². The molecule has 0 N–H and O–H groups in total. The molecule has 0 amide bonds. The number of aromatic nitrogens is 2. The third-order valence-corrected chi connectivity index (χ3v) is 13.2. The van der Waals surface area contributed by atoms with Gasteiger partial charge in [-0.3, -0.25) is 0 Å². The number of nitrogens with zero attached hydrogens (tertiary/aromatic N) is 2. The zero-order valence-corrected chi connectivity index (χ0v) is 35.6. The molecule has 1 aliphatic carbocycles. The maximum atomic E-state index is 5.26. The topological polar surface area (TPSA) is 25.8 Å². The summed E-state index contributed by atoms with van der Waals surface area (Å²) < 4.78 is 0. The van der Waals surface area contributed by atoms with Crippen LogP contribution in [0.4, 0.5) is 0 Å². The molecule has 65 heavy (non-hydrogen) atoms. The van der Waals surface area contributed by atoms with Gasteiger partial charge in [-0.15, -0.1) is 0 Å². The van der Waals surface area contributed by atoms with Crippen LogP contribution in [0.1, 0.15) is 22.3 Å². The van der Waals surface area contributed by atoms with Crippen LogP contribution in [0.25, 0.3) is 89.2 Å². The van der Waals surface area contributed by atoms with E-state index < -0.39 is 5.41 Å². The zero-order chi connectivity index (χ0) is 43.2. The molecule has 0 atom stereocenters. The Kier molecular flexibility index (Phi) is 9.43. The summed E-state index contributed by atoms with van der Waals surface area (Å²) in [4.78, 5) is 10.4. The first-order valence-electron chi connectivity index (χ1n) is 22.3. The second-order valence-electron chi connectivity index (χ2n) is 16.8. The number of benzene rings is 10. The summed E-state index contributed by atoms with van der Waals surface area (Å²) in [6.07, 6.45) is 0. The van der Waals surface area contributed by atoms with Gasteiger partial charge in [-0.05, 0) is 95.7 Å². The molecule has 304 valence electrons. The van der Waals surface area contributed by atoms with E-state index in [2.05, 4.69) is 237 Å². The van der Waals surface area contributed by atoms with Gasteiger partial charge in [-0.25, -0.2) is 9.97 Å². The molecular weight excluding hydrogens is 785 g/mol. The molecule has 1 aliphatic rings. The summed E-state index contributed by atoms with van der Waals surface area (Å²) >= 11 is 0. The molecule has 0 spiro atoms. The van der Waals surface area contributed by atoms with Gasteiger partial charge in [0.05, 0.1) is 16.8 Å². The summed E-state index contributed by atoms with van der Waals surface area (Å²) in [6, 6.07) is 92.0. The Bertz CT molecular complexity index is 3470. The van der Waals surface area contributed by atoms with Crippen LogP contribution >= 0.6 is 0 Å². The van der Waals surface area contributed by atoms with Gasteiger partial charge in [0, 0.05) is 16.7 Å². The van der Waals surface area contributed by atoms with Gasteiger partial charge in [0.15, 0.2) is 5.82 Å². The highest BCUT2D eigenvalue weighted by Gasteiger charge is 2.46. The van der Waals surface area contributed by atoms with Crippen LogP contribution in [0.3, 0.4) is 0 Å². The van der Waals surface area contributed by atoms with Crippen LogP contribution in [-0.4, -0.2) is 9.97 Å². The Labute approximate surface area is 379 Å². The monoisotopic (exact) mass is 826 g/mol. The normalized spacial score (nSPS) is 12.4. The molecule has 0 bridgehead atoms. The Morgan fingerprint density at radius 1 is 0.246 bits per heavy atom. The number of fused-ring (bicyclic) bond motifs is 4. The molecule has 2 nitrogen and oxygen atoms in total. The molecule has 0 saturated heterocycles. The molecular formula is C63H42N2. The quantitative estimate of drug-likeness (QED) is 0.152. The minimum atomic E-state index is -0.457. The Hall–Kier alpha value is -8.46. The lowest BCUT2D eigenvalue weighted by atomic mass is 9.67. The largest absolute Gasteiger partial charge is 0.228 e. The van der Waals surface area contributed by atoms with E-state index in [1.807, 2.05) is 18.2 Å². The fourth-order valence-electron chi connectivity index (χ4n) is 10.2. The summed E-state index contributed by atoms with van der Waals surface area (Å²) in [5.41, 5.74) is 19.2. The van der Waals surface area contributed by atoms with Crippen molar-refractivity contribution < 1.29 is 0 Å². The second-order valence-corrected chi connectivity index (χ2v) is 16.8. The van der Waals surface area contributed by atoms with E-state index in [0.717, 1.165) is 33.5 Å². The first kappa shape index (κ1) is 38.2. The van der Waals surface area contributed by atoms with Crippen molar-refractivity contribution in [3.8, 4) is 78.4 Å². The lowest BCUT2D eigenvalue weighted by molar-refractivity contribution is 0.769. The summed E-state index contributed by atoms with van der Waals surface area (Å²) in [6.45, 7) is 0. The molecule has 10 aromatic carbocycles. The Morgan fingerprint density at radius 2 is 0.708 bits per heavy atom. The third-order valence-electron chi connectivity index (χ3n) is 13.2. The van der Waals surface area contributed by atoms with Crippen molar-refractivity contribution in [2.45, 2.75) is 5.41 Å². The molecule has 0 fully saturated rings. The highest BCUT2D eigenvalue weighted by Crippen LogP contribution is 2.56. The fourth-order valence-corrected chi connectivity index (χ4v) is 10.2. The zero-order valence-electron chi connectivity index (χ0n) is 35.6. The highest BCUT2D eigenvalue weighted by molar-refractivity contribution is 6.05. The van der Waals surface area contributed by atoms with Crippen molar-refractivity contribution in [1.82, 2.24) is 9.97 Å². The maximum Gasteiger partial charge on any atom is 0.160 e. The molecule has 12 rings (SSSR count). The minimum Gasteiger partial charge on any atom is -0.228 e. The van der Waals surface area contributed by atoms with Gasteiger partial charge in [0.1, 0.15) is 0 Å². The van der Waals surface area contributed by atoms with Gasteiger partial charge in [0.2, 0.25) is 0 Å². The average Bonchev–Trinajstić information content (AvgIpc) is 3.69. The molecule has 1 heterocycles.